The molecule has 14 heteroatoms. The first kappa shape index (κ1) is 23.6. The van der Waals surface area contributed by atoms with Crippen molar-refractivity contribution in [3.63, 3.8) is 0 Å². The molecular formula is C21H14ClF3N6O4. The van der Waals surface area contributed by atoms with Crippen LogP contribution in [0.4, 0.5) is 40.1 Å². The standard InChI is InChI=1S/C21H14ClF3N6O4/c22-13-4-1-10(21(23,24)25)7-16(13)31(18(26)32)11-2-6-17(27-9-11)35-12-3-5-14-15(8-12)29-19(28-14)30-20(33)34/h1-9H,(H2,26,32)(H,33,34)(H2,28,29,30). The quantitative estimate of drug-likeness (QED) is 0.272. The van der Waals surface area contributed by atoms with Crippen molar-refractivity contribution in [3.05, 3.63) is 65.3 Å². The number of fused-ring (bicyclic) bond motifs is 1. The molecule has 0 spiro atoms. The number of nitrogens with zero attached hydrogens (tertiary/aromatic N) is 3. The second-order valence-corrected chi connectivity index (χ2v) is 7.40. The molecule has 4 rings (SSSR count). The monoisotopic (exact) mass is 506 g/mol. The number of amides is 3. The van der Waals surface area contributed by atoms with Gasteiger partial charge in [0.1, 0.15) is 5.75 Å². The number of carboxylic acid groups (broad SMARTS) is 1. The van der Waals surface area contributed by atoms with Crippen molar-refractivity contribution < 1.29 is 32.6 Å². The number of urea groups is 1. The van der Waals surface area contributed by atoms with Crippen LogP contribution in [0, 0.1) is 0 Å². The number of nitrogens with one attached hydrogen (secondary N) is 2. The van der Waals surface area contributed by atoms with Crippen LogP contribution in [0.25, 0.3) is 11.0 Å². The summed E-state index contributed by atoms with van der Waals surface area (Å²) >= 11 is 6.04. The van der Waals surface area contributed by atoms with Crippen LogP contribution in [0.5, 0.6) is 11.6 Å². The number of aromatic amines is 1. The van der Waals surface area contributed by atoms with Crippen molar-refractivity contribution in [3.8, 4) is 11.6 Å². The van der Waals surface area contributed by atoms with Gasteiger partial charge in [-0.3, -0.25) is 10.2 Å². The third-order valence-corrected chi connectivity index (χ3v) is 4.93. The van der Waals surface area contributed by atoms with Gasteiger partial charge >= 0.3 is 18.3 Å². The molecule has 35 heavy (non-hydrogen) atoms. The first-order chi connectivity index (χ1) is 16.5. The molecule has 0 saturated carbocycles. The highest BCUT2D eigenvalue weighted by Crippen LogP contribution is 2.38. The zero-order chi connectivity index (χ0) is 25.3. The second-order valence-electron chi connectivity index (χ2n) is 6.99. The maximum atomic E-state index is 13.1. The molecule has 3 amide bonds. The number of ether oxygens (including phenoxy) is 1. The highest BCUT2D eigenvalue weighted by molar-refractivity contribution is 6.34. The van der Waals surface area contributed by atoms with E-state index in [1.807, 2.05) is 0 Å². The Morgan fingerprint density at radius 1 is 1.14 bits per heavy atom. The van der Waals surface area contributed by atoms with E-state index < -0.39 is 23.9 Å². The van der Waals surface area contributed by atoms with E-state index in [0.29, 0.717) is 22.8 Å². The van der Waals surface area contributed by atoms with Crippen molar-refractivity contribution in [1.82, 2.24) is 15.0 Å². The molecule has 0 aliphatic carbocycles. The van der Waals surface area contributed by atoms with Crippen LogP contribution in [0.15, 0.2) is 54.7 Å². The summed E-state index contributed by atoms with van der Waals surface area (Å²) < 4.78 is 45.1. The summed E-state index contributed by atoms with van der Waals surface area (Å²) in [6, 6.07) is 8.91. The zero-order valence-corrected chi connectivity index (χ0v) is 18.1. The summed E-state index contributed by atoms with van der Waals surface area (Å²) in [4.78, 5) is 34.5. The summed E-state index contributed by atoms with van der Waals surface area (Å²) in [7, 11) is 0. The predicted molar refractivity (Wildman–Crippen MR) is 120 cm³/mol. The van der Waals surface area contributed by atoms with E-state index in [0.717, 1.165) is 17.0 Å². The van der Waals surface area contributed by atoms with Crippen molar-refractivity contribution in [2.24, 2.45) is 5.73 Å². The van der Waals surface area contributed by atoms with Gasteiger partial charge in [0, 0.05) is 12.1 Å². The molecule has 180 valence electrons. The number of hydrogen-bond acceptors (Lipinski definition) is 5. The maximum absolute atomic E-state index is 13.1. The number of hydrogen-bond donors (Lipinski definition) is 4. The van der Waals surface area contributed by atoms with Gasteiger partial charge in [-0.25, -0.2) is 19.6 Å². The van der Waals surface area contributed by atoms with Crippen LogP contribution in [-0.4, -0.2) is 32.2 Å². The lowest BCUT2D eigenvalue weighted by atomic mass is 10.1. The van der Waals surface area contributed by atoms with Gasteiger partial charge in [-0.2, -0.15) is 13.2 Å². The maximum Gasteiger partial charge on any atom is 0.416 e. The Kier molecular flexibility index (Phi) is 6.09. The van der Waals surface area contributed by atoms with Crippen LogP contribution in [0.1, 0.15) is 5.56 Å². The van der Waals surface area contributed by atoms with Gasteiger partial charge in [0.15, 0.2) is 0 Å². The molecule has 4 aromatic rings. The van der Waals surface area contributed by atoms with Crippen molar-refractivity contribution in [2.45, 2.75) is 6.18 Å². The Hall–Kier alpha value is -4.52. The molecule has 2 aromatic heterocycles. The van der Waals surface area contributed by atoms with Crippen LogP contribution >= 0.6 is 11.6 Å². The molecule has 0 atom stereocenters. The van der Waals surface area contributed by atoms with Crippen LogP contribution in [-0.2, 0) is 6.18 Å². The first-order valence-corrected chi connectivity index (χ1v) is 9.99. The van der Waals surface area contributed by atoms with Crippen LogP contribution in [0.2, 0.25) is 5.02 Å². The molecule has 0 bridgehead atoms. The highest BCUT2D eigenvalue weighted by Gasteiger charge is 2.32. The number of carbonyl (C=O) groups excluding carboxylic acids is 1. The smallest absolute Gasteiger partial charge is 0.416 e. The van der Waals surface area contributed by atoms with Gasteiger partial charge in [0.25, 0.3) is 0 Å². The molecule has 2 aromatic carbocycles. The summed E-state index contributed by atoms with van der Waals surface area (Å²) in [5.41, 5.74) is 5.17. The lowest BCUT2D eigenvalue weighted by Gasteiger charge is -2.22. The number of benzene rings is 2. The molecule has 2 heterocycles. The number of carbonyl (C=O) groups is 2. The molecule has 5 N–H and O–H groups in total. The molecule has 10 nitrogen and oxygen atoms in total. The Balaban J connectivity index is 1.59. The van der Waals surface area contributed by atoms with E-state index in [4.69, 9.17) is 27.2 Å². The van der Waals surface area contributed by atoms with E-state index in [9.17, 15) is 22.8 Å². The summed E-state index contributed by atoms with van der Waals surface area (Å²) in [6.07, 6.45) is -4.75. The van der Waals surface area contributed by atoms with Crippen molar-refractivity contribution in [1.29, 1.82) is 0 Å². The fraction of sp³-hybridized carbons (Fsp3) is 0.0476. The Morgan fingerprint density at radius 2 is 1.91 bits per heavy atom. The van der Waals surface area contributed by atoms with Gasteiger partial charge in [-0.15, -0.1) is 0 Å². The summed E-state index contributed by atoms with van der Waals surface area (Å²) in [5.74, 6) is 0.457. The molecular weight excluding hydrogens is 493 g/mol. The zero-order valence-electron chi connectivity index (χ0n) is 17.3. The van der Waals surface area contributed by atoms with E-state index >= 15 is 0 Å². The molecule has 0 aliphatic rings. The molecule has 0 radical (unpaired) electrons. The van der Waals surface area contributed by atoms with Crippen LogP contribution < -0.4 is 20.7 Å². The number of imidazole rings is 1. The lowest BCUT2D eigenvalue weighted by Crippen LogP contribution is -2.32. The minimum atomic E-state index is -4.65. The number of nitrogens with two attached hydrogens (primary N) is 1. The fourth-order valence-corrected chi connectivity index (χ4v) is 3.35. The number of anilines is 3. The Labute approximate surface area is 199 Å². The largest absolute Gasteiger partial charge is 0.465 e. The topological polar surface area (TPSA) is 146 Å². The Bertz CT molecular complexity index is 1430. The second kappa shape index (κ2) is 9.02. The number of primary amides is 1. The lowest BCUT2D eigenvalue weighted by molar-refractivity contribution is -0.137. The highest BCUT2D eigenvalue weighted by atomic mass is 35.5. The fourth-order valence-electron chi connectivity index (χ4n) is 3.14. The third-order valence-electron chi connectivity index (χ3n) is 4.61. The number of rotatable bonds is 5. The molecule has 0 unspecified atom stereocenters. The van der Waals surface area contributed by atoms with Crippen LogP contribution in [0.3, 0.4) is 0 Å². The van der Waals surface area contributed by atoms with Gasteiger partial charge in [0.2, 0.25) is 11.8 Å². The third kappa shape index (κ3) is 5.19. The van der Waals surface area contributed by atoms with E-state index in [-0.39, 0.29) is 28.2 Å². The number of H-pyrrole nitrogens is 1. The van der Waals surface area contributed by atoms with Gasteiger partial charge in [-0.05, 0) is 36.4 Å². The van der Waals surface area contributed by atoms with Gasteiger partial charge < -0.3 is 20.6 Å². The number of halogens is 4. The minimum Gasteiger partial charge on any atom is -0.465 e. The number of aromatic nitrogens is 3. The SMILES string of the molecule is NC(=O)N(c1ccc(Oc2ccc3nc(NC(=O)O)[nH]c3c2)nc1)c1cc(C(F)(F)F)ccc1Cl. The number of pyridine rings is 1. The van der Waals surface area contributed by atoms with E-state index in [1.165, 1.54) is 18.3 Å². The number of alkyl halides is 3. The van der Waals surface area contributed by atoms with Crippen molar-refractivity contribution in [2.75, 3.05) is 10.2 Å². The normalized spacial score (nSPS) is 11.3. The Morgan fingerprint density at radius 3 is 2.54 bits per heavy atom. The van der Waals surface area contributed by atoms with E-state index in [1.54, 1.807) is 18.2 Å². The molecule has 0 fully saturated rings. The average Bonchev–Trinajstić information content (AvgIpc) is 3.16. The first-order valence-electron chi connectivity index (χ1n) is 9.61. The summed E-state index contributed by atoms with van der Waals surface area (Å²) in [6.45, 7) is 0. The molecule has 0 saturated heterocycles. The van der Waals surface area contributed by atoms with Gasteiger partial charge in [0.05, 0.1) is 39.2 Å². The summed E-state index contributed by atoms with van der Waals surface area (Å²) in [5, 5.41) is 10.8. The minimum absolute atomic E-state index is 0.0342. The van der Waals surface area contributed by atoms with Gasteiger partial charge in [-0.1, -0.05) is 11.6 Å². The predicted octanol–water partition coefficient (Wildman–Crippen LogP) is 5.73. The van der Waals surface area contributed by atoms with E-state index in [2.05, 4.69) is 20.3 Å². The average molecular weight is 507 g/mol. The van der Waals surface area contributed by atoms with Crippen molar-refractivity contribution >= 4 is 52.1 Å². The molecule has 0 aliphatic heterocycles.